The molecule has 1 aromatic heterocycles. The van der Waals surface area contributed by atoms with Crippen LogP contribution in [0, 0.1) is 0 Å². The Balaban J connectivity index is 2.43. The zero-order chi connectivity index (χ0) is 12.3. The predicted molar refractivity (Wildman–Crippen MR) is 61.5 cm³/mol. The quantitative estimate of drug-likeness (QED) is 0.867. The van der Waals surface area contributed by atoms with Gasteiger partial charge in [-0.05, 0) is 23.8 Å². The molecular formula is C12H12N2O3. The minimum Gasteiger partial charge on any atom is -0.494 e. The number of carboxylic acids is 1. The fourth-order valence-electron chi connectivity index (χ4n) is 1.61. The van der Waals surface area contributed by atoms with Crippen molar-refractivity contribution < 1.29 is 14.6 Å². The number of nitrogens with zero attached hydrogens (tertiary/aromatic N) is 2. The largest absolute Gasteiger partial charge is 0.494 e. The van der Waals surface area contributed by atoms with E-state index in [2.05, 4.69) is 5.10 Å². The summed E-state index contributed by atoms with van der Waals surface area (Å²) in [6.45, 7) is 0. The summed E-state index contributed by atoms with van der Waals surface area (Å²) in [5, 5.41) is 12.9. The van der Waals surface area contributed by atoms with Gasteiger partial charge >= 0.3 is 5.97 Å². The third-order valence-corrected chi connectivity index (χ3v) is 2.35. The van der Waals surface area contributed by atoms with Crippen molar-refractivity contribution in [1.29, 1.82) is 0 Å². The third kappa shape index (κ3) is 2.44. The molecule has 0 aliphatic heterocycles. The second-order valence-corrected chi connectivity index (χ2v) is 3.53. The monoisotopic (exact) mass is 232 g/mol. The lowest BCUT2D eigenvalue weighted by molar-refractivity contribution is -0.136. The molecule has 17 heavy (non-hydrogen) atoms. The Bertz CT molecular complexity index is 521. The molecule has 88 valence electrons. The number of benzene rings is 1. The average molecular weight is 232 g/mol. The van der Waals surface area contributed by atoms with Crippen LogP contribution in [0.25, 0.3) is 5.69 Å². The van der Waals surface area contributed by atoms with Crippen molar-refractivity contribution in [2.24, 2.45) is 0 Å². The second kappa shape index (κ2) is 4.69. The molecule has 0 aliphatic carbocycles. The Morgan fingerprint density at radius 3 is 2.94 bits per heavy atom. The number of aliphatic carboxylic acids is 1. The van der Waals surface area contributed by atoms with E-state index in [4.69, 9.17) is 9.84 Å². The molecule has 1 N–H and O–H groups in total. The van der Waals surface area contributed by atoms with Crippen LogP contribution in [0.5, 0.6) is 5.75 Å². The molecule has 2 aromatic rings. The molecule has 0 aliphatic rings. The van der Waals surface area contributed by atoms with Gasteiger partial charge in [0.25, 0.3) is 0 Å². The third-order valence-electron chi connectivity index (χ3n) is 2.35. The first-order chi connectivity index (χ1) is 8.20. The van der Waals surface area contributed by atoms with Crippen molar-refractivity contribution in [3.63, 3.8) is 0 Å². The van der Waals surface area contributed by atoms with E-state index in [1.165, 1.54) is 0 Å². The lowest BCUT2D eigenvalue weighted by Gasteiger charge is -2.09. The van der Waals surface area contributed by atoms with E-state index in [1.807, 2.05) is 0 Å². The molecule has 0 atom stereocenters. The molecule has 5 heteroatoms. The van der Waals surface area contributed by atoms with Crippen molar-refractivity contribution in [3.8, 4) is 11.4 Å². The summed E-state index contributed by atoms with van der Waals surface area (Å²) >= 11 is 0. The van der Waals surface area contributed by atoms with Gasteiger partial charge in [0.1, 0.15) is 11.4 Å². The standard InChI is InChI=1S/C12H12N2O3/c1-17-11-4-3-9(8-12(15)16)7-10(11)14-6-2-5-13-14/h2-7H,8H2,1H3,(H,15,16). The normalized spacial score (nSPS) is 10.2. The fourth-order valence-corrected chi connectivity index (χ4v) is 1.61. The molecule has 0 saturated heterocycles. The van der Waals surface area contributed by atoms with E-state index in [1.54, 1.807) is 48.5 Å². The molecule has 5 nitrogen and oxygen atoms in total. The summed E-state index contributed by atoms with van der Waals surface area (Å²) < 4.78 is 6.86. The fraction of sp³-hybridized carbons (Fsp3) is 0.167. The first kappa shape index (κ1) is 11.2. The zero-order valence-electron chi connectivity index (χ0n) is 9.33. The minimum atomic E-state index is -0.860. The predicted octanol–water partition coefficient (Wildman–Crippen LogP) is 1.51. The molecule has 2 rings (SSSR count). The number of hydrogen-bond donors (Lipinski definition) is 1. The summed E-state index contributed by atoms with van der Waals surface area (Å²) in [5.41, 5.74) is 1.44. The van der Waals surface area contributed by atoms with Crippen molar-refractivity contribution >= 4 is 5.97 Å². The molecule has 1 heterocycles. The summed E-state index contributed by atoms with van der Waals surface area (Å²) in [6.07, 6.45) is 3.42. The Morgan fingerprint density at radius 2 is 2.35 bits per heavy atom. The van der Waals surface area contributed by atoms with Gasteiger partial charge in [-0.2, -0.15) is 5.10 Å². The lowest BCUT2D eigenvalue weighted by Crippen LogP contribution is -2.03. The number of carboxylic acid groups (broad SMARTS) is 1. The van der Waals surface area contributed by atoms with Gasteiger partial charge in [-0.3, -0.25) is 4.79 Å². The number of hydrogen-bond acceptors (Lipinski definition) is 3. The van der Waals surface area contributed by atoms with Gasteiger partial charge in [0.15, 0.2) is 0 Å². The van der Waals surface area contributed by atoms with Crippen molar-refractivity contribution in [1.82, 2.24) is 9.78 Å². The van der Waals surface area contributed by atoms with Crippen LogP contribution in [-0.2, 0) is 11.2 Å². The minimum absolute atomic E-state index is 0.0156. The maximum absolute atomic E-state index is 10.7. The maximum atomic E-state index is 10.7. The van der Waals surface area contributed by atoms with Crippen molar-refractivity contribution in [3.05, 3.63) is 42.2 Å². The van der Waals surface area contributed by atoms with Crippen LogP contribution < -0.4 is 4.74 Å². The maximum Gasteiger partial charge on any atom is 0.307 e. The smallest absolute Gasteiger partial charge is 0.307 e. The van der Waals surface area contributed by atoms with Gasteiger partial charge in [-0.15, -0.1) is 0 Å². The van der Waals surface area contributed by atoms with Gasteiger partial charge in [-0.25, -0.2) is 4.68 Å². The van der Waals surface area contributed by atoms with E-state index in [-0.39, 0.29) is 6.42 Å². The van der Waals surface area contributed by atoms with Crippen LogP contribution in [0.4, 0.5) is 0 Å². The molecule has 0 unspecified atom stereocenters. The molecular weight excluding hydrogens is 220 g/mol. The highest BCUT2D eigenvalue weighted by atomic mass is 16.5. The van der Waals surface area contributed by atoms with Gasteiger partial charge < -0.3 is 9.84 Å². The van der Waals surface area contributed by atoms with Crippen LogP contribution in [0.3, 0.4) is 0 Å². The Hall–Kier alpha value is -2.30. The number of aromatic nitrogens is 2. The molecule has 0 saturated carbocycles. The molecule has 1 aromatic carbocycles. The molecule has 0 amide bonds. The van der Waals surface area contributed by atoms with Gasteiger partial charge in [0.2, 0.25) is 0 Å². The SMILES string of the molecule is COc1ccc(CC(=O)O)cc1-n1cccn1. The molecule has 0 spiro atoms. The summed E-state index contributed by atoms with van der Waals surface area (Å²) in [7, 11) is 1.57. The van der Waals surface area contributed by atoms with E-state index in [0.717, 1.165) is 5.69 Å². The Morgan fingerprint density at radius 1 is 1.53 bits per heavy atom. The van der Waals surface area contributed by atoms with E-state index in [0.29, 0.717) is 11.3 Å². The van der Waals surface area contributed by atoms with Crippen molar-refractivity contribution in [2.75, 3.05) is 7.11 Å². The van der Waals surface area contributed by atoms with Gasteiger partial charge in [-0.1, -0.05) is 6.07 Å². The Kier molecular flexibility index (Phi) is 3.09. The van der Waals surface area contributed by atoms with Crippen LogP contribution in [0.1, 0.15) is 5.56 Å². The van der Waals surface area contributed by atoms with Crippen molar-refractivity contribution in [2.45, 2.75) is 6.42 Å². The summed E-state index contributed by atoms with van der Waals surface area (Å²) in [6, 6.07) is 7.04. The molecule has 0 radical (unpaired) electrons. The molecule has 0 fully saturated rings. The second-order valence-electron chi connectivity index (χ2n) is 3.53. The average Bonchev–Trinajstić information content (AvgIpc) is 2.81. The number of methoxy groups -OCH3 is 1. The highest BCUT2D eigenvalue weighted by Gasteiger charge is 2.08. The van der Waals surface area contributed by atoms with Gasteiger partial charge in [0.05, 0.1) is 13.5 Å². The first-order valence-electron chi connectivity index (χ1n) is 5.09. The Labute approximate surface area is 98.3 Å². The molecule has 0 bridgehead atoms. The first-order valence-corrected chi connectivity index (χ1v) is 5.09. The topological polar surface area (TPSA) is 64.3 Å². The van der Waals surface area contributed by atoms with Crippen LogP contribution in [0.15, 0.2) is 36.7 Å². The van der Waals surface area contributed by atoms with Crippen LogP contribution in [0.2, 0.25) is 0 Å². The summed E-state index contributed by atoms with van der Waals surface area (Å²) in [4.78, 5) is 10.7. The number of rotatable bonds is 4. The lowest BCUT2D eigenvalue weighted by atomic mass is 10.1. The summed E-state index contributed by atoms with van der Waals surface area (Å²) in [5.74, 6) is -0.204. The van der Waals surface area contributed by atoms with Crippen LogP contribution >= 0.6 is 0 Å². The van der Waals surface area contributed by atoms with E-state index < -0.39 is 5.97 Å². The van der Waals surface area contributed by atoms with Crippen LogP contribution in [-0.4, -0.2) is 28.0 Å². The zero-order valence-corrected chi connectivity index (χ0v) is 9.33. The number of carbonyl (C=O) groups is 1. The number of ether oxygens (including phenoxy) is 1. The highest BCUT2D eigenvalue weighted by Crippen LogP contribution is 2.23. The van der Waals surface area contributed by atoms with Gasteiger partial charge in [0, 0.05) is 12.4 Å². The highest BCUT2D eigenvalue weighted by molar-refractivity contribution is 5.70. The van der Waals surface area contributed by atoms with E-state index in [9.17, 15) is 4.79 Å². The van der Waals surface area contributed by atoms with E-state index >= 15 is 0 Å².